The minimum Gasteiger partial charge on any atom is -0.388 e. The van der Waals surface area contributed by atoms with Crippen LogP contribution in [0.5, 0.6) is 0 Å². The van der Waals surface area contributed by atoms with Crippen LogP contribution in [-0.4, -0.2) is 19.6 Å². The van der Waals surface area contributed by atoms with Crippen LogP contribution < -0.4 is 10.8 Å². The Kier molecular flexibility index (Phi) is 5.01. The van der Waals surface area contributed by atoms with E-state index in [4.69, 9.17) is 4.84 Å². The Morgan fingerprint density at radius 2 is 1.84 bits per heavy atom. The first-order valence-corrected chi connectivity index (χ1v) is 6.70. The van der Waals surface area contributed by atoms with E-state index in [1.807, 2.05) is 37.3 Å². The Bertz CT molecular complexity index is 440. The molecule has 0 aliphatic heterocycles. The zero-order chi connectivity index (χ0) is 13.5. The monoisotopic (exact) mass is 260 g/mol. The topological polar surface area (TPSA) is 50.4 Å². The average molecular weight is 260 g/mol. The molecule has 0 radical (unpaired) electrons. The SMILES string of the molecule is CNc1ccc(NOCC2CCC(=C=O)CC2)cc1. The third-order valence-corrected chi connectivity index (χ3v) is 3.54. The van der Waals surface area contributed by atoms with Gasteiger partial charge >= 0.3 is 0 Å². The zero-order valence-electron chi connectivity index (χ0n) is 11.2. The Balaban J connectivity index is 1.70. The number of benzene rings is 1. The van der Waals surface area contributed by atoms with Gasteiger partial charge in [0.25, 0.3) is 0 Å². The second kappa shape index (κ2) is 6.98. The second-order valence-corrected chi connectivity index (χ2v) is 4.89. The average Bonchev–Trinajstić information content (AvgIpc) is 2.49. The Morgan fingerprint density at radius 3 is 2.42 bits per heavy atom. The standard InChI is InChI=1S/C15H20N2O2/c1-16-14-6-8-15(9-7-14)17-19-11-13-4-2-12(10-18)3-5-13/h6-9,13,16-17H,2-5,11H2,1H3. The number of hydrogen-bond acceptors (Lipinski definition) is 4. The molecule has 1 aromatic rings. The molecule has 4 nitrogen and oxygen atoms in total. The number of nitrogens with one attached hydrogen (secondary N) is 2. The lowest BCUT2D eigenvalue weighted by Gasteiger charge is -2.21. The molecule has 2 rings (SSSR count). The molecule has 0 atom stereocenters. The molecule has 2 N–H and O–H groups in total. The van der Waals surface area contributed by atoms with Crippen molar-refractivity contribution in [3.8, 4) is 0 Å². The normalized spacial score (nSPS) is 18.8. The molecule has 102 valence electrons. The summed E-state index contributed by atoms with van der Waals surface area (Å²) in [5.41, 5.74) is 5.90. The number of carbonyl (C=O) groups excluding carboxylic acids is 1. The molecule has 0 spiro atoms. The predicted molar refractivity (Wildman–Crippen MR) is 76.7 cm³/mol. The fourth-order valence-electron chi connectivity index (χ4n) is 2.24. The number of anilines is 2. The fourth-order valence-corrected chi connectivity index (χ4v) is 2.24. The van der Waals surface area contributed by atoms with Crippen LogP contribution in [0.1, 0.15) is 25.7 Å². The number of allylic oxidation sites excluding steroid dienone is 1. The van der Waals surface area contributed by atoms with Gasteiger partial charge in [-0.25, -0.2) is 4.79 Å². The van der Waals surface area contributed by atoms with E-state index < -0.39 is 0 Å². The van der Waals surface area contributed by atoms with E-state index in [2.05, 4.69) is 10.8 Å². The van der Waals surface area contributed by atoms with Crippen LogP contribution in [0.3, 0.4) is 0 Å². The maximum Gasteiger partial charge on any atom is 0.123 e. The second-order valence-electron chi connectivity index (χ2n) is 4.89. The summed E-state index contributed by atoms with van der Waals surface area (Å²) in [5, 5.41) is 3.07. The van der Waals surface area contributed by atoms with Gasteiger partial charge in [0.05, 0.1) is 12.3 Å². The van der Waals surface area contributed by atoms with E-state index in [0.717, 1.165) is 42.6 Å². The maximum absolute atomic E-state index is 10.5. The molecule has 0 unspecified atom stereocenters. The summed E-state index contributed by atoms with van der Waals surface area (Å²) < 4.78 is 0. The van der Waals surface area contributed by atoms with Crippen LogP contribution in [0.4, 0.5) is 11.4 Å². The Labute approximate surface area is 113 Å². The third kappa shape index (κ3) is 4.12. The van der Waals surface area contributed by atoms with Gasteiger partial charge in [-0.15, -0.1) is 0 Å². The Hall–Kier alpha value is -1.77. The van der Waals surface area contributed by atoms with Crippen LogP contribution in [0.15, 0.2) is 29.8 Å². The molecule has 1 aromatic carbocycles. The summed E-state index contributed by atoms with van der Waals surface area (Å²) in [6.45, 7) is 0.680. The van der Waals surface area contributed by atoms with E-state index in [9.17, 15) is 4.79 Å². The minimum atomic E-state index is 0.529. The van der Waals surface area contributed by atoms with Gasteiger partial charge in [0.15, 0.2) is 0 Å². The molecule has 0 amide bonds. The first kappa shape index (κ1) is 13.7. The van der Waals surface area contributed by atoms with Gasteiger partial charge < -0.3 is 5.32 Å². The fraction of sp³-hybridized carbons (Fsp3) is 0.467. The first-order valence-electron chi connectivity index (χ1n) is 6.70. The van der Waals surface area contributed by atoms with Crippen LogP contribution >= 0.6 is 0 Å². The largest absolute Gasteiger partial charge is 0.388 e. The lowest BCUT2D eigenvalue weighted by molar-refractivity contribution is 0.135. The van der Waals surface area contributed by atoms with Gasteiger partial charge in [-0.2, -0.15) is 0 Å². The number of hydrogen-bond donors (Lipinski definition) is 2. The van der Waals surface area contributed by atoms with Crippen LogP contribution in [0.25, 0.3) is 0 Å². The molecule has 0 aromatic heterocycles. The van der Waals surface area contributed by atoms with E-state index >= 15 is 0 Å². The van der Waals surface area contributed by atoms with Crippen molar-refractivity contribution in [3.63, 3.8) is 0 Å². The minimum absolute atomic E-state index is 0.529. The van der Waals surface area contributed by atoms with Crippen LogP contribution in [0, 0.1) is 5.92 Å². The summed E-state index contributed by atoms with van der Waals surface area (Å²) in [6, 6.07) is 7.93. The lowest BCUT2D eigenvalue weighted by atomic mass is 9.87. The van der Waals surface area contributed by atoms with Gasteiger partial charge in [0.1, 0.15) is 5.94 Å². The van der Waals surface area contributed by atoms with Crippen molar-refractivity contribution in [2.45, 2.75) is 25.7 Å². The molecule has 0 heterocycles. The zero-order valence-corrected chi connectivity index (χ0v) is 11.2. The highest BCUT2D eigenvalue weighted by atomic mass is 16.6. The van der Waals surface area contributed by atoms with Crippen molar-refractivity contribution in [1.29, 1.82) is 0 Å². The molecule has 1 aliphatic carbocycles. The summed E-state index contributed by atoms with van der Waals surface area (Å²) in [6.07, 6.45) is 3.78. The van der Waals surface area contributed by atoms with Gasteiger partial charge in [-0.3, -0.25) is 10.3 Å². The maximum atomic E-state index is 10.5. The molecule has 1 fully saturated rings. The summed E-state index contributed by atoms with van der Waals surface area (Å²) in [5.74, 6) is 2.55. The van der Waals surface area contributed by atoms with Crippen molar-refractivity contribution in [3.05, 3.63) is 29.8 Å². The van der Waals surface area contributed by atoms with Crippen molar-refractivity contribution in [2.24, 2.45) is 5.92 Å². The lowest BCUT2D eigenvalue weighted by Crippen LogP contribution is -2.17. The van der Waals surface area contributed by atoms with Gasteiger partial charge in [-0.05, 0) is 55.9 Å². The summed E-state index contributed by atoms with van der Waals surface area (Å²) >= 11 is 0. The van der Waals surface area contributed by atoms with Gasteiger partial charge in [0.2, 0.25) is 0 Å². The van der Waals surface area contributed by atoms with E-state index in [0.29, 0.717) is 12.5 Å². The molecule has 0 bridgehead atoms. The Morgan fingerprint density at radius 1 is 1.21 bits per heavy atom. The highest BCUT2D eigenvalue weighted by molar-refractivity contribution is 5.53. The van der Waals surface area contributed by atoms with Crippen molar-refractivity contribution >= 4 is 17.3 Å². The van der Waals surface area contributed by atoms with Crippen molar-refractivity contribution < 1.29 is 9.63 Å². The predicted octanol–water partition coefficient (Wildman–Crippen LogP) is 3.02. The molecular formula is C15H20N2O2. The van der Waals surface area contributed by atoms with Gasteiger partial charge in [0, 0.05) is 18.3 Å². The van der Waals surface area contributed by atoms with Crippen LogP contribution in [0.2, 0.25) is 0 Å². The molecule has 1 saturated carbocycles. The molecule has 19 heavy (non-hydrogen) atoms. The highest BCUT2D eigenvalue weighted by Crippen LogP contribution is 2.26. The van der Waals surface area contributed by atoms with Gasteiger partial charge in [-0.1, -0.05) is 0 Å². The van der Waals surface area contributed by atoms with Crippen molar-refractivity contribution in [2.75, 3.05) is 24.5 Å². The van der Waals surface area contributed by atoms with Crippen LogP contribution in [-0.2, 0) is 9.63 Å². The molecular weight excluding hydrogens is 240 g/mol. The van der Waals surface area contributed by atoms with Crippen molar-refractivity contribution in [1.82, 2.24) is 0 Å². The number of rotatable bonds is 5. The van der Waals surface area contributed by atoms with E-state index in [1.165, 1.54) is 0 Å². The molecule has 4 heteroatoms. The third-order valence-electron chi connectivity index (χ3n) is 3.54. The van der Waals surface area contributed by atoms with E-state index in [1.54, 1.807) is 0 Å². The molecule has 1 aliphatic rings. The highest BCUT2D eigenvalue weighted by Gasteiger charge is 2.17. The molecule has 0 saturated heterocycles. The smallest absolute Gasteiger partial charge is 0.123 e. The van der Waals surface area contributed by atoms with E-state index in [-0.39, 0.29) is 0 Å². The quantitative estimate of drug-likeness (QED) is 0.631. The summed E-state index contributed by atoms with van der Waals surface area (Å²) in [7, 11) is 1.89. The summed E-state index contributed by atoms with van der Waals surface area (Å²) in [4.78, 5) is 16.0. The first-order chi connectivity index (χ1) is 9.31.